The number of benzene rings is 1. The molecule has 0 aliphatic heterocycles. The topological polar surface area (TPSA) is 61.3 Å². The summed E-state index contributed by atoms with van der Waals surface area (Å²) >= 11 is 0. The average molecular weight is 263 g/mol. The SMILES string of the molecule is O/N=C(\C=C\c1c[nH]c2ccccc12)c1cccnc1. The Morgan fingerprint density at radius 2 is 2.10 bits per heavy atom. The van der Waals surface area contributed by atoms with Crippen molar-refractivity contribution in [2.45, 2.75) is 0 Å². The predicted octanol–water partition coefficient (Wildman–Crippen LogP) is 3.45. The van der Waals surface area contributed by atoms with Crippen LogP contribution in [0.2, 0.25) is 0 Å². The molecular weight excluding hydrogens is 250 g/mol. The van der Waals surface area contributed by atoms with Crippen LogP contribution >= 0.6 is 0 Å². The lowest BCUT2D eigenvalue weighted by molar-refractivity contribution is 0.320. The fraction of sp³-hybridized carbons (Fsp3) is 0. The number of fused-ring (bicyclic) bond motifs is 1. The van der Waals surface area contributed by atoms with E-state index in [0.29, 0.717) is 5.71 Å². The van der Waals surface area contributed by atoms with Gasteiger partial charge in [-0.3, -0.25) is 4.98 Å². The van der Waals surface area contributed by atoms with E-state index in [4.69, 9.17) is 5.21 Å². The van der Waals surface area contributed by atoms with E-state index < -0.39 is 0 Å². The molecule has 0 unspecified atom stereocenters. The van der Waals surface area contributed by atoms with Gasteiger partial charge in [0, 0.05) is 35.1 Å². The van der Waals surface area contributed by atoms with Gasteiger partial charge in [0.05, 0.1) is 0 Å². The third-order valence-electron chi connectivity index (χ3n) is 3.11. The molecule has 0 atom stereocenters. The Kier molecular flexibility index (Phi) is 3.29. The minimum absolute atomic E-state index is 0.475. The standard InChI is InChI=1S/C16H13N3O/c20-19-15(13-4-3-9-17-10-13)8-7-12-11-18-16-6-2-1-5-14(12)16/h1-11,18,20H/b8-7+,19-15+. The fourth-order valence-corrected chi connectivity index (χ4v) is 2.10. The molecule has 0 saturated heterocycles. The average Bonchev–Trinajstić information content (AvgIpc) is 2.92. The molecule has 0 fully saturated rings. The second-order valence-electron chi connectivity index (χ2n) is 4.35. The quantitative estimate of drug-likeness (QED) is 0.432. The third-order valence-corrected chi connectivity index (χ3v) is 3.11. The molecule has 2 N–H and O–H groups in total. The lowest BCUT2D eigenvalue weighted by Crippen LogP contribution is -1.96. The molecule has 98 valence electrons. The second-order valence-corrected chi connectivity index (χ2v) is 4.35. The van der Waals surface area contributed by atoms with Crippen molar-refractivity contribution in [3.63, 3.8) is 0 Å². The Morgan fingerprint density at radius 3 is 2.90 bits per heavy atom. The molecular formula is C16H13N3O. The van der Waals surface area contributed by atoms with Gasteiger partial charge >= 0.3 is 0 Å². The smallest absolute Gasteiger partial charge is 0.111 e. The Labute approximate surface area is 116 Å². The number of nitrogens with one attached hydrogen (secondary N) is 1. The van der Waals surface area contributed by atoms with Crippen molar-refractivity contribution >= 4 is 22.7 Å². The zero-order valence-corrected chi connectivity index (χ0v) is 10.7. The number of hydrogen-bond donors (Lipinski definition) is 2. The van der Waals surface area contributed by atoms with Crippen molar-refractivity contribution in [1.29, 1.82) is 0 Å². The highest BCUT2D eigenvalue weighted by Gasteiger charge is 2.02. The molecule has 4 heteroatoms. The summed E-state index contributed by atoms with van der Waals surface area (Å²) in [6.45, 7) is 0. The first kappa shape index (κ1) is 12.2. The number of hydrogen-bond acceptors (Lipinski definition) is 3. The molecule has 0 aliphatic rings. The maximum absolute atomic E-state index is 9.12. The van der Waals surface area contributed by atoms with Gasteiger partial charge in [-0.05, 0) is 29.8 Å². The molecule has 0 bridgehead atoms. The largest absolute Gasteiger partial charge is 0.410 e. The molecule has 0 aliphatic carbocycles. The summed E-state index contributed by atoms with van der Waals surface area (Å²) in [6.07, 6.45) is 8.96. The van der Waals surface area contributed by atoms with E-state index in [9.17, 15) is 0 Å². The molecule has 4 nitrogen and oxygen atoms in total. The second kappa shape index (κ2) is 5.40. The Hall–Kier alpha value is -2.88. The van der Waals surface area contributed by atoms with Crippen LogP contribution in [-0.2, 0) is 0 Å². The number of aromatic nitrogens is 2. The van der Waals surface area contributed by atoms with Crippen LogP contribution in [0, 0.1) is 0 Å². The van der Waals surface area contributed by atoms with E-state index in [1.54, 1.807) is 24.5 Å². The molecule has 0 saturated carbocycles. The van der Waals surface area contributed by atoms with Gasteiger partial charge < -0.3 is 10.2 Å². The van der Waals surface area contributed by atoms with Crippen LogP contribution in [0.4, 0.5) is 0 Å². The van der Waals surface area contributed by atoms with E-state index in [-0.39, 0.29) is 0 Å². The highest BCUT2D eigenvalue weighted by Crippen LogP contribution is 2.19. The van der Waals surface area contributed by atoms with Gasteiger partial charge in [-0.2, -0.15) is 0 Å². The number of H-pyrrole nitrogens is 1. The molecule has 3 rings (SSSR count). The van der Waals surface area contributed by atoms with Gasteiger partial charge in [0.1, 0.15) is 5.71 Å². The Bertz CT molecular complexity index is 773. The predicted molar refractivity (Wildman–Crippen MR) is 79.9 cm³/mol. The molecule has 0 radical (unpaired) electrons. The summed E-state index contributed by atoms with van der Waals surface area (Å²) in [5, 5.41) is 13.6. The minimum Gasteiger partial charge on any atom is -0.410 e. The highest BCUT2D eigenvalue weighted by atomic mass is 16.4. The summed E-state index contributed by atoms with van der Waals surface area (Å²) in [6, 6.07) is 11.7. The lowest BCUT2D eigenvalue weighted by atomic mass is 10.1. The van der Waals surface area contributed by atoms with E-state index in [1.165, 1.54) is 0 Å². The van der Waals surface area contributed by atoms with Crippen LogP contribution in [0.25, 0.3) is 17.0 Å². The van der Waals surface area contributed by atoms with Crippen LogP contribution in [0.15, 0.2) is 66.2 Å². The first-order valence-corrected chi connectivity index (χ1v) is 6.25. The van der Waals surface area contributed by atoms with Crippen molar-refractivity contribution in [2.75, 3.05) is 0 Å². The summed E-state index contributed by atoms with van der Waals surface area (Å²) in [5.74, 6) is 0. The summed E-state index contributed by atoms with van der Waals surface area (Å²) < 4.78 is 0. The van der Waals surface area contributed by atoms with Crippen molar-refractivity contribution in [3.8, 4) is 0 Å². The van der Waals surface area contributed by atoms with Crippen LogP contribution < -0.4 is 0 Å². The highest BCUT2D eigenvalue weighted by molar-refractivity contribution is 6.10. The van der Waals surface area contributed by atoms with Gasteiger partial charge in [0.2, 0.25) is 0 Å². The summed E-state index contributed by atoms with van der Waals surface area (Å²) in [4.78, 5) is 7.22. The van der Waals surface area contributed by atoms with Gasteiger partial charge in [-0.25, -0.2) is 0 Å². The van der Waals surface area contributed by atoms with Gasteiger partial charge in [0.15, 0.2) is 0 Å². The Morgan fingerprint density at radius 1 is 1.20 bits per heavy atom. The van der Waals surface area contributed by atoms with E-state index in [2.05, 4.69) is 15.1 Å². The molecule has 0 spiro atoms. The third kappa shape index (κ3) is 2.31. The number of aromatic amines is 1. The van der Waals surface area contributed by atoms with Crippen LogP contribution in [0.1, 0.15) is 11.1 Å². The van der Waals surface area contributed by atoms with E-state index >= 15 is 0 Å². The number of nitrogens with zero attached hydrogens (tertiary/aromatic N) is 2. The number of para-hydroxylation sites is 1. The fourth-order valence-electron chi connectivity index (χ4n) is 2.10. The minimum atomic E-state index is 0.475. The molecule has 2 aromatic heterocycles. The number of rotatable bonds is 3. The first-order valence-electron chi connectivity index (χ1n) is 6.25. The summed E-state index contributed by atoms with van der Waals surface area (Å²) in [5.41, 5.74) is 3.37. The van der Waals surface area contributed by atoms with Crippen LogP contribution in [-0.4, -0.2) is 20.9 Å². The van der Waals surface area contributed by atoms with Crippen LogP contribution in [0.3, 0.4) is 0 Å². The molecule has 3 aromatic rings. The van der Waals surface area contributed by atoms with E-state index in [0.717, 1.165) is 22.0 Å². The van der Waals surface area contributed by atoms with Gasteiger partial charge in [-0.1, -0.05) is 29.4 Å². The molecule has 2 heterocycles. The van der Waals surface area contributed by atoms with Gasteiger partial charge in [0.25, 0.3) is 0 Å². The molecule has 1 aromatic carbocycles. The van der Waals surface area contributed by atoms with Crippen molar-refractivity contribution in [1.82, 2.24) is 9.97 Å². The molecule has 0 amide bonds. The van der Waals surface area contributed by atoms with Crippen molar-refractivity contribution in [2.24, 2.45) is 5.16 Å². The molecule has 20 heavy (non-hydrogen) atoms. The van der Waals surface area contributed by atoms with Crippen LogP contribution in [0.5, 0.6) is 0 Å². The number of allylic oxidation sites excluding steroid dienone is 1. The maximum Gasteiger partial charge on any atom is 0.111 e. The zero-order valence-electron chi connectivity index (χ0n) is 10.7. The first-order chi connectivity index (χ1) is 9.88. The Balaban J connectivity index is 1.94. The van der Waals surface area contributed by atoms with Crippen molar-refractivity contribution in [3.05, 3.63) is 72.2 Å². The van der Waals surface area contributed by atoms with Gasteiger partial charge in [-0.15, -0.1) is 0 Å². The normalized spacial score (nSPS) is 12.3. The van der Waals surface area contributed by atoms with Crippen molar-refractivity contribution < 1.29 is 5.21 Å². The lowest BCUT2D eigenvalue weighted by Gasteiger charge is -1.97. The zero-order chi connectivity index (χ0) is 13.8. The maximum atomic E-state index is 9.12. The monoisotopic (exact) mass is 263 g/mol. The number of pyridine rings is 1. The van der Waals surface area contributed by atoms with E-state index in [1.807, 2.05) is 42.6 Å². The number of oxime groups is 1. The summed E-state index contributed by atoms with van der Waals surface area (Å²) in [7, 11) is 0.